The highest BCUT2D eigenvalue weighted by atomic mass is 32.2. The summed E-state index contributed by atoms with van der Waals surface area (Å²) < 4.78 is 29.5. The molecule has 2 heterocycles. The Hall–Kier alpha value is -2.10. The van der Waals surface area contributed by atoms with Gasteiger partial charge in [-0.1, -0.05) is 18.2 Å². The predicted octanol–water partition coefficient (Wildman–Crippen LogP) is 2.31. The Balaban J connectivity index is 2.08. The zero-order chi connectivity index (χ0) is 18.0. The summed E-state index contributed by atoms with van der Waals surface area (Å²) in [4.78, 5) is 6.73. The van der Waals surface area contributed by atoms with Gasteiger partial charge in [0.15, 0.2) is 5.65 Å². The van der Waals surface area contributed by atoms with Gasteiger partial charge in [-0.05, 0) is 32.5 Å². The van der Waals surface area contributed by atoms with Crippen molar-refractivity contribution in [3.8, 4) is 0 Å². The lowest BCUT2D eigenvalue weighted by molar-refractivity contribution is 0.397. The van der Waals surface area contributed by atoms with Crippen molar-refractivity contribution in [2.45, 2.75) is 16.5 Å². The lowest BCUT2D eigenvalue weighted by atomic mass is 10.3. The van der Waals surface area contributed by atoms with Crippen LogP contribution in [0.2, 0.25) is 0 Å². The number of nitrogens with zero attached hydrogens (tertiary/aromatic N) is 4. The summed E-state index contributed by atoms with van der Waals surface area (Å²) in [5.41, 5.74) is 1.37. The van der Waals surface area contributed by atoms with Crippen LogP contribution in [0.4, 0.5) is 5.82 Å². The quantitative estimate of drug-likeness (QED) is 0.664. The molecule has 0 fully saturated rings. The molecule has 3 aromatic rings. The van der Waals surface area contributed by atoms with Crippen LogP contribution in [0.15, 0.2) is 52.4 Å². The van der Waals surface area contributed by atoms with Gasteiger partial charge in [0.2, 0.25) is 0 Å². The molecule has 0 aliphatic heterocycles. The van der Waals surface area contributed by atoms with E-state index in [1.54, 1.807) is 36.4 Å². The lowest BCUT2D eigenvalue weighted by Gasteiger charge is -2.13. The molecule has 0 amide bonds. The van der Waals surface area contributed by atoms with E-state index in [2.05, 4.69) is 14.8 Å². The highest BCUT2D eigenvalue weighted by Crippen LogP contribution is 2.22. The minimum Gasteiger partial charge on any atom is -0.304 e. The average Bonchev–Trinajstić information content (AvgIpc) is 2.98. The van der Waals surface area contributed by atoms with Gasteiger partial charge in [0.05, 0.1) is 10.6 Å². The van der Waals surface area contributed by atoms with E-state index in [9.17, 15) is 8.42 Å². The molecule has 1 N–H and O–H groups in total. The number of thioether (sulfide) groups is 1. The third-order valence-corrected chi connectivity index (χ3v) is 5.43. The maximum atomic E-state index is 12.7. The maximum Gasteiger partial charge on any atom is 0.263 e. The number of aromatic nitrogens is 3. The first kappa shape index (κ1) is 17.7. The first-order valence-corrected chi connectivity index (χ1v) is 10.3. The van der Waals surface area contributed by atoms with Gasteiger partial charge < -0.3 is 4.90 Å². The molecule has 7 nitrogen and oxygen atoms in total. The van der Waals surface area contributed by atoms with Crippen molar-refractivity contribution in [1.82, 2.24) is 19.5 Å². The molecule has 0 aliphatic rings. The SMILES string of the molecule is CSc1cc2nc(CN(C)C)cc(NS(=O)(=O)c3ccccc3)n2n1. The van der Waals surface area contributed by atoms with E-state index >= 15 is 0 Å². The normalized spacial score (nSPS) is 12.0. The zero-order valence-electron chi connectivity index (χ0n) is 14.2. The van der Waals surface area contributed by atoms with Gasteiger partial charge in [0.25, 0.3) is 10.0 Å². The number of anilines is 1. The fourth-order valence-corrected chi connectivity index (χ4v) is 3.82. The van der Waals surface area contributed by atoms with Crippen LogP contribution in [-0.4, -0.2) is 48.3 Å². The van der Waals surface area contributed by atoms with Crippen molar-refractivity contribution in [3.63, 3.8) is 0 Å². The van der Waals surface area contributed by atoms with E-state index in [-0.39, 0.29) is 4.90 Å². The fourth-order valence-electron chi connectivity index (χ4n) is 2.38. The van der Waals surface area contributed by atoms with Crippen molar-refractivity contribution in [1.29, 1.82) is 0 Å². The average molecular weight is 377 g/mol. The molecule has 0 radical (unpaired) electrons. The molecule has 0 aliphatic carbocycles. The Morgan fingerprint density at radius 3 is 2.56 bits per heavy atom. The number of nitrogens with one attached hydrogen (secondary N) is 1. The second-order valence-electron chi connectivity index (χ2n) is 5.75. The first-order valence-electron chi connectivity index (χ1n) is 7.55. The Labute approximate surface area is 151 Å². The Kier molecular flexibility index (Phi) is 4.98. The molecule has 25 heavy (non-hydrogen) atoms. The minimum atomic E-state index is -3.71. The standard InChI is InChI=1S/C16H19N5O2S2/c1-20(2)11-12-9-15(21-14(17-12)10-16(18-21)24-3)19-25(22,23)13-7-5-4-6-8-13/h4-10,19H,11H2,1-3H3. The number of sulfonamides is 1. The van der Waals surface area contributed by atoms with Crippen LogP contribution in [-0.2, 0) is 16.6 Å². The predicted molar refractivity (Wildman–Crippen MR) is 99.4 cm³/mol. The molecule has 132 valence electrons. The molecule has 0 atom stereocenters. The van der Waals surface area contributed by atoms with Crippen LogP contribution in [0, 0.1) is 0 Å². The Morgan fingerprint density at radius 2 is 1.92 bits per heavy atom. The largest absolute Gasteiger partial charge is 0.304 e. The zero-order valence-corrected chi connectivity index (χ0v) is 15.8. The molecular weight excluding hydrogens is 358 g/mol. The Morgan fingerprint density at radius 1 is 1.20 bits per heavy atom. The second kappa shape index (κ2) is 7.03. The van der Waals surface area contributed by atoms with Crippen LogP contribution >= 0.6 is 11.8 Å². The number of benzene rings is 1. The molecule has 1 aromatic carbocycles. The number of rotatable bonds is 6. The number of fused-ring (bicyclic) bond motifs is 1. The summed E-state index contributed by atoms with van der Waals surface area (Å²) in [7, 11) is 0.161. The van der Waals surface area contributed by atoms with Crippen molar-refractivity contribution in [2.24, 2.45) is 0 Å². The van der Waals surface area contributed by atoms with Crippen molar-refractivity contribution < 1.29 is 8.42 Å². The summed E-state index contributed by atoms with van der Waals surface area (Å²) in [5, 5.41) is 5.18. The topological polar surface area (TPSA) is 79.6 Å². The molecule has 0 saturated heterocycles. The second-order valence-corrected chi connectivity index (χ2v) is 8.25. The van der Waals surface area contributed by atoms with Gasteiger partial charge in [-0.2, -0.15) is 9.61 Å². The third-order valence-electron chi connectivity index (χ3n) is 3.44. The summed E-state index contributed by atoms with van der Waals surface area (Å²) in [6, 6.07) is 11.8. The fraction of sp³-hybridized carbons (Fsp3) is 0.250. The molecule has 0 bridgehead atoms. The Bertz CT molecular complexity index is 984. The molecular formula is C16H19N5O2S2. The van der Waals surface area contributed by atoms with E-state index in [1.165, 1.54) is 16.3 Å². The van der Waals surface area contributed by atoms with E-state index in [0.717, 1.165) is 10.7 Å². The van der Waals surface area contributed by atoms with Crippen LogP contribution < -0.4 is 4.72 Å². The van der Waals surface area contributed by atoms with Crippen molar-refractivity contribution in [3.05, 3.63) is 48.2 Å². The summed E-state index contributed by atoms with van der Waals surface area (Å²) in [6.45, 7) is 0.594. The number of hydrogen-bond acceptors (Lipinski definition) is 6. The number of hydrogen-bond donors (Lipinski definition) is 1. The highest BCUT2D eigenvalue weighted by Gasteiger charge is 2.18. The van der Waals surface area contributed by atoms with Crippen LogP contribution in [0.1, 0.15) is 5.69 Å². The van der Waals surface area contributed by atoms with Gasteiger partial charge in [0, 0.05) is 18.7 Å². The highest BCUT2D eigenvalue weighted by molar-refractivity contribution is 7.98. The summed E-state index contributed by atoms with van der Waals surface area (Å²) >= 11 is 1.48. The van der Waals surface area contributed by atoms with Gasteiger partial charge in [-0.25, -0.2) is 13.4 Å². The molecule has 0 spiro atoms. The third kappa shape index (κ3) is 3.94. The molecule has 3 rings (SSSR count). The van der Waals surface area contributed by atoms with Crippen LogP contribution in [0.25, 0.3) is 5.65 Å². The van der Waals surface area contributed by atoms with Crippen molar-refractivity contribution in [2.75, 3.05) is 25.1 Å². The minimum absolute atomic E-state index is 0.200. The summed E-state index contributed by atoms with van der Waals surface area (Å²) in [6.07, 6.45) is 1.91. The van der Waals surface area contributed by atoms with E-state index in [0.29, 0.717) is 18.0 Å². The molecule has 9 heteroatoms. The monoisotopic (exact) mass is 377 g/mol. The maximum absolute atomic E-state index is 12.7. The van der Waals surface area contributed by atoms with Crippen LogP contribution in [0.3, 0.4) is 0 Å². The molecule has 0 unspecified atom stereocenters. The van der Waals surface area contributed by atoms with E-state index in [1.807, 2.05) is 31.3 Å². The van der Waals surface area contributed by atoms with E-state index in [4.69, 9.17) is 0 Å². The first-order chi connectivity index (χ1) is 11.9. The van der Waals surface area contributed by atoms with Gasteiger partial charge in [0.1, 0.15) is 10.8 Å². The van der Waals surface area contributed by atoms with Crippen molar-refractivity contribution >= 4 is 33.3 Å². The smallest absolute Gasteiger partial charge is 0.263 e. The van der Waals surface area contributed by atoms with Gasteiger partial charge in [-0.15, -0.1) is 11.8 Å². The molecule has 0 saturated carbocycles. The van der Waals surface area contributed by atoms with E-state index < -0.39 is 10.0 Å². The molecule has 2 aromatic heterocycles. The van der Waals surface area contributed by atoms with Gasteiger partial charge in [-0.3, -0.25) is 4.72 Å². The summed E-state index contributed by atoms with van der Waals surface area (Å²) in [5.74, 6) is 0.367. The lowest BCUT2D eigenvalue weighted by Crippen LogP contribution is -2.18. The van der Waals surface area contributed by atoms with Gasteiger partial charge >= 0.3 is 0 Å². The van der Waals surface area contributed by atoms with Crippen LogP contribution in [0.5, 0.6) is 0 Å².